The maximum absolute atomic E-state index is 12.7. The first kappa shape index (κ1) is 48.1. The third-order valence-electron chi connectivity index (χ3n) is 10.3. The minimum atomic E-state index is 0.0340. The fourth-order valence-electron chi connectivity index (χ4n) is 7.01. The Morgan fingerprint density at radius 3 is 1.29 bits per heavy atom. The van der Waals surface area contributed by atoms with E-state index >= 15 is 0 Å². The lowest BCUT2D eigenvalue weighted by atomic mass is 10.0. The van der Waals surface area contributed by atoms with E-state index in [1.54, 1.807) is 0 Å². The largest absolute Gasteiger partial charge is 0.462 e. The highest BCUT2D eigenvalue weighted by Gasteiger charge is 2.14. The van der Waals surface area contributed by atoms with Crippen molar-refractivity contribution in [2.75, 3.05) is 26.2 Å². The second-order valence-corrected chi connectivity index (χ2v) is 15.2. The van der Waals surface area contributed by atoms with Crippen LogP contribution in [0.3, 0.4) is 0 Å². The minimum absolute atomic E-state index is 0.0340. The normalized spacial score (nSPS) is 11.9. The molecule has 0 radical (unpaired) electrons. The maximum atomic E-state index is 12.7. The third-order valence-corrected chi connectivity index (χ3v) is 10.3. The first-order valence-electron chi connectivity index (χ1n) is 22.4. The lowest BCUT2D eigenvalue weighted by molar-refractivity contribution is -0.150. The molecule has 0 rings (SSSR count). The van der Waals surface area contributed by atoms with Crippen molar-refractivity contribution in [1.29, 1.82) is 0 Å². The Labute approximate surface area is 308 Å². The summed E-state index contributed by atoms with van der Waals surface area (Å²) in [7, 11) is 0. The molecule has 292 valence electrons. The van der Waals surface area contributed by atoms with Crippen LogP contribution in [0.15, 0.2) is 12.2 Å². The van der Waals surface area contributed by atoms with E-state index in [9.17, 15) is 9.90 Å². The zero-order valence-corrected chi connectivity index (χ0v) is 33.8. The summed E-state index contributed by atoms with van der Waals surface area (Å²) in [5.74, 6) is 0.0340. The third kappa shape index (κ3) is 38.2. The molecule has 0 saturated carbocycles. The van der Waals surface area contributed by atoms with Gasteiger partial charge in [-0.05, 0) is 83.7 Å². The number of hydrogen-bond acceptors (Lipinski definition) is 4. The van der Waals surface area contributed by atoms with Crippen LogP contribution in [-0.4, -0.2) is 48.3 Å². The van der Waals surface area contributed by atoms with Gasteiger partial charge in [0.15, 0.2) is 0 Å². The molecule has 0 bridgehead atoms. The van der Waals surface area contributed by atoms with E-state index in [0.717, 1.165) is 45.3 Å². The molecular formula is C45H89NO3. The average Bonchev–Trinajstić information content (AvgIpc) is 3.10. The maximum Gasteiger partial charge on any atom is 0.306 e. The molecule has 1 N–H and O–H groups in total. The van der Waals surface area contributed by atoms with Crippen molar-refractivity contribution in [3.05, 3.63) is 12.2 Å². The van der Waals surface area contributed by atoms with Gasteiger partial charge in [-0.2, -0.15) is 0 Å². The summed E-state index contributed by atoms with van der Waals surface area (Å²) in [6, 6.07) is 0. The van der Waals surface area contributed by atoms with Crippen molar-refractivity contribution >= 4 is 5.97 Å². The molecule has 4 nitrogen and oxygen atoms in total. The number of allylic oxidation sites excluding steroid dienone is 2. The summed E-state index contributed by atoms with van der Waals surface area (Å²) in [6.45, 7) is 10.1. The Hall–Kier alpha value is -0.870. The van der Waals surface area contributed by atoms with Crippen LogP contribution in [0.1, 0.15) is 239 Å². The van der Waals surface area contributed by atoms with Gasteiger partial charge in [-0.25, -0.2) is 0 Å². The van der Waals surface area contributed by atoms with E-state index in [-0.39, 0.29) is 18.7 Å². The van der Waals surface area contributed by atoms with Gasteiger partial charge in [0.2, 0.25) is 0 Å². The molecule has 0 aromatic rings. The summed E-state index contributed by atoms with van der Waals surface area (Å²) in [5, 5.41) is 9.55. The number of esters is 1. The van der Waals surface area contributed by atoms with Crippen LogP contribution < -0.4 is 0 Å². The Bertz CT molecular complexity index is 650. The lowest BCUT2D eigenvalue weighted by Gasteiger charge is -2.21. The Kier molecular flexibility index (Phi) is 40.8. The molecule has 0 aromatic heterocycles. The first-order chi connectivity index (χ1) is 24.2. The van der Waals surface area contributed by atoms with Gasteiger partial charge in [0, 0.05) is 13.0 Å². The SMILES string of the molecule is CCCCCCCC/C=C\CCCCCCCCN(CCO)CCCCCCCC(=O)OC(CCCCCCCC)CCCCCCCC. The van der Waals surface area contributed by atoms with Crippen LogP contribution >= 0.6 is 0 Å². The number of carbonyl (C=O) groups is 1. The molecule has 0 amide bonds. The highest BCUT2D eigenvalue weighted by Crippen LogP contribution is 2.18. The topological polar surface area (TPSA) is 49.8 Å². The fraction of sp³-hybridized carbons (Fsp3) is 0.933. The number of aliphatic hydroxyl groups excluding tert-OH is 1. The van der Waals surface area contributed by atoms with E-state index < -0.39 is 0 Å². The zero-order valence-electron chi connectivity index (χ0n) is 33.8. The summed E-state index contributed by atoms with van der Waals surface area (Å²) < 4.78 is 6.03. The smallest absolute Gasteiger partial charge is 0.306 e. The van der Waals surface area contributed by atoms with Gasteiger partial charge in [0.1, 0.15) is 6.10 Å². The van der Waals surface area contributed by atoms with E-state index in [1.165, 1.54) is 186 Å². The van der Waals surface area contributed by atoms with Crippen molar-refractivity contribution in [2.24, 2.45) is 0 Å². The van der Waals surface area contributed by atoms with Gasteiger partial charge in [-0.15, -0.1) is 0 Å². The molecule has 49 heavy (non-hydrogen) atoms. The molecule has 0 aliphatic rings. The average molecular weight is 692 g/mol. The molecule has 0 aromatic carbocycles. The summed E-state index contributed by atoms with van der Waals surface area (Å²) in [4.78, 5) is 15.1. The van der Waals surface area contributed by atoms with Crippen molar-refractivity contribution in [1.82, 2.24) is 4.90 Å². The lowest BCUT2D eigenvalue weighted by Crippen LogP contribution is -2.29. The van der Waals surface area contributed by atoms with Gasteiger partial charge in [0.05, 0.1) is 6.61 Å². The van der Waals surface area contributed by atoms with Crippen LogP contribution in [0.2, 0.25) is 0 Å². The molecule has 0 unspecified atom stereocenters. The Morgan fingerprint density at radius 1 is 0.490 bits per heavy atom. The van der Waals surface area contributed by atoms with E-state index in [0.29, 0.717) is 6.42 Å². The Morgan fingerprint density at radius 2 is 0.857 bits per heavy atom. The van der Waals surface area contributed by atoms with Crippen molar-refractivity contribution in [3.63, 3.8) is 0 Å². The first-order valence-corrected chi connectivity index (χ1v) is 22.4. The van der Waals surface area contributed by atoms with Crippen LogP contribution in [0, 0.1) is 0 Å². The molecule has 0 atom stereocenters. The van der Waals surface area contributed by atoms with Gasteiger partial charge < -0.3 is 14.7 Å². The van der Waals surface area contributed by atoms with Crippen LogP contribution in [0.5, 0.6) is 0 Å². The fourth-order valence-corrected chi connectivity index (χ4v) is 7.01. The van der Waals surface area contributed by atoms with Crippen molar-refractivity contribution in [2.45, 2.75) is 245 Å². The van der Waals surface area contributed by atoms with Gasteiger partial charge in [-0.3, -0.25) is 4.79 Å². The van der Waals surface area contributed by atoms with Crippen LogP contribution in [-0.2, 0) is 9.53 Å². The predicted molar refractivity (Wildman–Crippen MR) is 217 cm³/mol. The monoisotopic (exact) mass is 692 g/mol. The number of nitrogens with zero attached hydrogens (tertiary/aromatic N) is 1. The van der Waals surface area contributed by atoms with Gasteiger partial charge in [0.25, 0.3) is 0 Å². The number of rotatable bonds is 41. The van der Waals surface area contributed by atoms with Crippen LogP contribution in [0.25, 0.3) is 0 Å². The second kappa shape index (κ2) is 41.5. The van der Waals surface area contributed by atoms with Crippen LogP contribution in [0.4, 0.5) is 0 Å². The van der Waals surface area contributed by atoms with Crippen molar-refractivity contribution < 1.29 is 14.6 Å². The number of unbranched alkanes of at least 4 members (excludes halogenated alkanes) is 26. The Balaban J connectivity index is 3.91. The van der Waals surface area contributed by atoms with E-state index in [2.05, 4.69) is 37.8 Å². The highest BCUT2D eigenvalue weighted by molar-refractivity contribution is 5.69. The zero-order chi connectivity index (χ0) is 35.7. The van der Waals surface area contributed by atoms with E-state index in [1.807, 2.05) is 0 Å². The van der Waals surface area contributed by atoms with Gasteiger partial charge >= 0.3 is 5.97 Å². The summed E-state index contributed by atoms with van der Waals surface area (Å²) in [5.41, 5.74) is 0. The predicted octanol–water partition coefficient (Wildman–Crippen LogP) is 14.1. The number of ether oxygens (including phenoxy) is 1. The van der Waals surface area contributed by atoms with Crippen molar-refractivity contribution in [3.8, 4) is 0 Å². The molecule has 0 aliphatic carbocycles. The molecule has 0 heterocycles. The molecule has 4 heteroatoms. The quantitative estimate of drug-likeness (QED) is 0.0394. The summed E-state index contributed by atoms with van der Waals surface area (Å²) in [6.07, 6.45) is 47.7. The molecule has 0 aliphatic heterocycles. The highest BCUT2D eigenvalue weighted by atomic mass is 16.5. The number of aliphatic hydroxyl groups is 1. The summed E-state index contributed by atoms with van der Waals surface area (Å²) >= 11 is 0. The standard InChI is InChI=1S/C45H89NO3/c1-4-7-10-13-16-17-18-19-20-21-22-23-24-25-30-35-40-46(42-43-47)41-36-31-26-29-34-39-45(48)49-44(37-32-27-14-11-8-5-2)38-33-28-15-12-9-6-3/h19-20,44,47H,4-18,21-43H2,1-3H3/b20-19-. The molecule has 0 spiro atoms. The second-order valence-electron chi connectivity index (χ2n) is 15.2. The van der Waals surface area contributed by atoms with Gasteiger partial charge in [-0.1, -0.05) is 174 Å². The molecule has 0 fully saturated rings. The number of hydrogen-bond donors (Lipinski definition) is 1. The molecular weight excluding hydrogens is 602 g/mol. The molecule has 0 saturated heterocycles. The van der Waals surface area contributed by atoms with E-state index in [4.69, 9.17) is 4.74 Å². The number of carbonyl (C=O) groups excluding carboxylic acids is 1. The minimum Gasteiger partial charge on any atom is -0.462 e.